The van der Waals surface area contributed by atoms with Crippen molar-refractivity contribution in [2.75, 3.05) is 4.90 Å². The van der Waals surface area contributed by atoms with Crippen LogP contribution in [0.2, 0.25) is 0 Å². The number of anilines is 3. The van der Waals surface area contributed by atoms with Crippen molar-refractivity contribution < 1.29 is 0 Å². The molecular weight excluding hydrogens is 841 g/mol. The summed E-state index contributed by atoms with van der Waals surface area (Å²) >= 11 is 1.91. The molecule has 0 atom stereocenters. The molecule has 0 saturated carbocycles. The van der Waals surface area contributed by atoms with Gasteiger partial charge in [-0.2, -0.15) is 0 Å². The summed E-state index contributed by atoms with van der Waals surface area (Å²) in [7, 11) is 0. The third-order valence-corrected chi connectivity index (χ3v) is 15.6. The Balaban J connectivity index is 1.05. The second kappa shape index (κ2) is 15.3. The van der Waals surface area contributed by atoms with E-state index in [2.05, 4.69) is 264 Å². The Morgan fingerprint density at radius 2 is 0.897 bits per heavy atom. The maximum atomic E-state index is 2.49. The largest absolute Gasteiger partial charge is 0.310 e. The predicted molar refractivity (Wildman–Crippen MR) is 289 cm³/mol. The molecule has 3 heteroatoms. The summed E-state index contributed by atoms with van der Waals surface area (Å²) < 4.78 is 5.06. The molecule has 318 valence electrons. The van der Waals surface area contributed by atoms with Gasteiger partial charge in [0.25, 0.3) is 0 Å². The molecule has 0 N–H and O–H groups in total. The van der Waals surface area contributed by atoms with Crippen LogP contribution in [-0.2, 0) is 5.41 Å². The monoisotopic (exact) mass is 882 g/mol. The average Bonchev–Trinajstić information content (AvgIpc) is 4.07. The fraction of sp³-hybridized carbons (Fsp3) is 0.0154. The molecule has 2 aromatic heterocycles. The highest BCUT2D eigenvalue weighted by Gasteiger charge is 2.46. The van der Waals surface area contributed by atoms with E-state index in [1.54, 1.807) is 0 Å². The van der Waals surface area contributed by atoms with Gasteiger partial charge in [0.05, 0.1) is 21.1 Å². The molecule has 2 nitrogen and oxygen atoms in total. The minimum Gasteiger partial charge on any atom is -0.310 e. The van der Waals surface area contributed by atoms with Crippen molar-refractivity contribution in [2.24, 2.45) is 0 Å². The minimum absolute atomic E-state index is 0.525. The average molecular weight is 883 g/mol. The van der Waals surface area contributed by atoms with Gasteiger partial charge in [-0.25, -0.2) is 0 Å². The van der Waals surface area contributed by atoms with Crippen molar-refractivity contribution >= 4 is 81.1 Å². The lowest BCUT2D eigenvalue weighted by molar-refractivity contribution is 0.768. The molecule has 2 heterocycles. The molecule has 0 bridgehead atoms. The Morgan fingerprint density at radius 3 is 1.62 bits per heavy atom. The molecule has 0 saturated heterocycles. The third kappa shape index (κ3) is 5.63. The van der Waals surface area contributed by atoms with Crippen LogP contribution in [0.5, 0.6) is 0 Å². The summed E-state index contributed by atoms with van der Waals surface area (Å²) in [4.78, 5) is 2.48. The summed E-state index contributed by atoms with van der Waals surface area (Å²) in [5.41, 5.74) is 16.5. The van der Waals surface area contributed by atoms with Gasteiger partial charge < -0.3 is 9.47 Å². The molecule has 13 aromatic rings. The van der Waals surface area contributed by atoms with Crippen LogP contribution in [0, 0.1) is 0 Å². The van der Waals surface area contributed by atoms with Crippen LogP contribution in [0.3, 0.4) is 0 Å². The Labute approximate surface area is 398 Å². The minimum atomic E-state index is -0.525. The SMILES string of the molecule is c1ccc(-c2ccc(N(c3ccc4c(c3)C(c3ccccc3)(c3ccccc3)c3ccccc3-4)c3ccc4sc5c(c4c3)c3ccccc3c3c4ccccc4n(-c4ccccc4)c53)cc2)cc1. The van der Waals surface area contributed by atoms with E-state index in [0.717, 1.165) is 17.1 Å². The first-order valence-electron chi connectivity index (χ1n) is 23.4. The summed E-state index contributed by atoms with van der Waals surface area (Å²) in [6.45, 7) is 0. The molecule has 0 aliphatic heterocycles. The quantitative estimate of drug-likeness (QED) is 0.155. The smallest absolute Gasteiger partial charge is 0.0726 e. The maximum absolute atomic E-state index is 2.49. The van der Waals surface area contributed by atoms with Crippen LogP contribution >= 0.6 is 11.3 Å². The van der Waals surface area contributed by atoms with E-state index in [0.29, 0.717) is 0 Å². The van der Waals surface area contributed by atoms with E-state index >= 15 is 0 Å². The van der Waals surface area contributed by atoms with Crippen LogP contribution in [0.4, 0.5) is 17.1 Å². The van der Waals surface area contributed by atoms with E-state index in [1.165, 1.54) is 103 Å². The molecular formula is C65H42N2S. The molecule has 0 fully saturated rings. The van der Waals surface area contributed by atoms with Crippen LogP contribution in [0.25, 0.3) is 80.7 Å². The predicted octanol–water partition coefficient (Wildman–Crippen LogP) is 17.8. The first-order valence-corrected chi connectivity index (χ1v) is 24.2. The zero-order chi connectivity index (χ0) is 44.8. The highest BCUT2D eigenvalue weighted by Crippen LogP contribution is 2.58. The lowest BCUT2D eigenvalue weighted by Gasteiger charge is -2.35. The first-order chi connectivity index (χ1) is 33.8. The van der Waals surface area contributed by atoms with Gasteiger partial charge in [-0.15, -0.1) is 11.3 Å². The Bertz CT molecular complexity index is 4020. The van der Waals surface area contributed by atoms with E-state index in [4.69, 9.17) is 0 Å². The summed E-state index contributed by atoms with van der Waals surface area (Å²) in [5, 5.41) is 7.68. The van der Waals surface area contributed by atoms with Crippen molar-refractivity contribution in [3.63, 3.8) is 0 Å². The van der Waals surface area contributed by atoms with Crippen LogP contribution < -0.4 is 4.90 Å². The number of hydrogen-bond donors (Lipinski definition) is 0. The molecule has 0 unspecified atom stereocenters. The van der Waals surface area contributed by atoms with Crippen molar-refractivity contribution in [2.45, 2.75) is 5.41 Å². The van der Waals surface area contributed by atoms with Crippen LogP contribution in [0.1, 0.15) is 22.3 Å². The summed E-state index contributed by atoms with van der Waals surface area (Å²) in [6.07, 6.45) is 0. The fourth-order valence-corrected chi connectivity index (χ4v) is 12.8. The highest BCUT2D eigenvalue weighted by molar-refractivity contribution is 7.27. The fourth-order valence-electron chi connectivity index (χ4n) is 11.6. The van der Waals surface area contributed by atoms with E-state index < -0.39 is 5.41 Å². The zero-order valence-corrected chi connectivity index (χ0v) is 37.9. The Hall–Kier alpha value is -8.50. The second-order valence-electron chi connectivity index (χ2n) is 17.9. The first kappa shape index (κ1) is 38.7. The van der Waals surface area contributed by atoms with Crippen molar-refractivity contribution in [3.05, 3.63) is 277 Å². The van der Waals surface area contributed by atoms with E-state index in [1.807, 2.05) is 11.3 Å². The van der Waals surface area contributed by atoms with Gasteiger partial charge in [-0.3, -0.25) is 0 Å². The molecule has 1 aliphatic rings. The second-order valence-corrected chi connectivity index (χ2v) is 19.0. The lowest BCUT2D eigenvalue weighted by Crippen LogP contribution is -2.28. The Kier molecular flexibility index (Phi) is 8.71. The molecule has 11 aromatic carbocycles. The van der Waals surface area contributed by atoms with Crippen molar-refractivity contribution in [1.82, 2.24) is 4.57 Å². The van der Waals surface area contributed by atoms with Crippen molar-refractivity contribution in [3.8, 4) is 27.9 Å². The van der Waals surface area contributed by atoms with E-state index in [9.17, 15) is 0 Å². The molecule has 0 amide bonds. The standard InChI is InChI=1S/C65H42N2S/c1-5-19-43(20-6-1)44-33-35-48(36-34-44)66(50-37-39-52-51-27-15-17-31-57(51)65(58(52)42-50,45-21-7-2-8-22-45)46-23-9-3-10-24-46)49-38-40-60-56(41-49)62-54-29-14-13-28-53(54)61-55-30-16-18-32-59(55)67(63(61)64(62)68-60)47-25-11-4-12-26-47/h1-42H. The molecule has 0 spiro atoms. The highest BCUT2D eigenvalue weighted by atomic mass is 32.1. The topological polar surface area (TPSA) is 8.17 Å². The number of thiophene rings is 1. The van der Waals surface area contributed by atoms with Gasteiger partial charge in [-0.05, 0) is 116 Å². The van der Waals surface area contributed by atoms with Crippen LogP contribution in [-0.4, -0.2) is 4.57 Å². The normalized spacial score (nSPS) is 12.8. The third-order valence-electron chi connectivity index (χ3n) is 14.4. The Morgan fingerprint density at radius 1 is 0.368 bits per heavy atom. The van der Waals surface area contributed by atoms with Crippen molar-refractivity contribution in [1.29, 1.82) is 0 Å². The summed E-state index contributed by atoms with van der Waals surface area (Å²) in [6, 6.07) is 94.2. The zero-order valence-electron chi connectivity index (χ0n) is 37.1. The van der Waals surface area contributed by atoms with Gasteiger partial charge in [0.2, 0.25) is 0 Å². The van der Waals surface area contributed by atoms with Gasteiger partial charge in [0.1, 0.15) is 0 Å². The number of nitrogens with zero attached hydrogens (tertiary/aromatic N) is 2. The summed E-state index contributed by atoms with van der Waals surface area (Å²) in [5.74, 6) is 0. The number of fused-ring (bicyclic) bond motifs is 13. The van der Waals surface area contributed by atoms with Gasteiger partial charge in [0.15, 0.2) is 0 Å². The molecule has 14 rings (SSSR count). The molecule has 68 heavy (non-hydrogen) atoms. The van der Waals surface area contributed by atoms with Gasteiger partial charge >= 0.3 is 0 Å². The number of para-hydroxylation sites is 2. The van der Waals surface area contributed by atoms with Gasteiger partial charge in [0, 0.05) is 49.0 Å². The number of rotatable bonds is 7. The number of aromatic nitrogens is 1. The molecule has 1 aliphatic carbocycles. The number of benzene rings is 11. The lowest BCUT2D eigenvalue weighted by atomic mass is 9.67. The van der Waals surface area contributed by atoms with Crippen LogP contribution in [0.15, 0.2) is 255 Å². The van der Waals surface area contributed by atoms with E-state index in [-0.39, 0.29) is 0 Å². The van der Waals surface area contributed by atoms with Gasteiger partial charge in [-0.1, -0.05) is 194 Å². The molecule has 0 radical (unpaired) electrons. The maximum Gasteiger partial charge on any atom is 0.0726 e. The number of hydrogen-bond acceptors (Lipinski definition) is 2.